The van der Waals surface area contributed by atoms with Crippen LogP contribution in [-0.4, -0.2) is 152 Å². The number of nitrogens with two attached hydrogens (primary N) is 1. The predicted octanol–water partition coefficient (Wildman–Crippen LogP) is 3.62. The summed E-state index contributed by atoms with van der Waals surface area (Å²) in [5, 5.41) is 12.0. The fourth-order valence-electron chi connectivity index (χ4n) is 5.25. The molecule has 3 rings (SSSR count). The normalized spacial score (nSPS) is 11.2. The smallest absolute Gasteiger partial charge is 0.313 e. The Morgan fingerprint density at radius 1 is 0.569 bits per heavy atom. The molecule has 6 N–H and O–H groups in total. The van der Waals surface area contributed by atoms with Gasteiger partial charge in [-0.2, -0.15) is 15.0 Å². The van der Waals surface area contributed by atoms with Crippen LogP contribution in [0.2, 0.25) is 0 Å². The first-order chi connectivity index (χ1) is 31.8. The first kappa shape index (κ1) is 54.6. The summed E-state index contributed by atoms with van der Waals surface area (Å²) in [5.41, 5.74) is 6.21. The van der Waals surface area contributed by atoms with Gasteiger partial charge in [0.25, 0.3) is 0 Å². The molecule has 19 nitrogen and oxygen atoms in total. The number of halogens is 3. The maximum atomic E-state index is 14.7. The Balaban J connectivity index is 1.17. The molecule has 0 atom stereocenters. The van der Waals surface area contributed by atoms with Crippen LogP contribution in [0.5, 0.6) is 5.75 Å². The summed E-state index contributed by atoms with van der Waals surface area (Å²) < 4.78 is 90.9. The number of anilines is 3. The molecule has 0 bridgehead atoms. The largest absolute Gasteiger partial charge is 0.420 e. The summed E-state index contributed by atoms with van der Waals surface area (Å²) in [6.45, 7) is 9.13. The van der Waals surface area contributed by atoms with Crippen LogP contribution in [-0.2, 0) is 60.6 Å². The standard InChI is InChI=1S/C43H65F3N8O11/c1-2-3-10-48-41-52-42(54-43(53-41)51-31-33-5-4-6-35(44)28-33)49-11-15-60-19-16-57-12-7-38(55)50-32-34-29-36(45)40(37(46)30-34)65-39(56)8-13-58-17-20-61-22-24-63-26-27-64-25-23-62-21-18-59-14-9-47/h4-6,28-30H,2-3,7-27,31-32,47H2,1H3,(H,50,55)(H3,48,49,51,52,53,54). The third kappa shape index (κ3) is 26.7. The molecule has 0 aliphatic carbocycles. The zero-order valence-electron chi connectivity index (χ0n) is 37.2. The van der Waals surface area contributed by atoms with Gasteiger partial charge in [0.05, 0.1) is 112 Å². The summed E-state index contributed by atoms with van der Waals surface area (Å²) in [6, 6.07) is 8.21. The summed E-state index contributed by atoms with van der Waals surface area (Å²) in [5.74, 6) is -3.54. The van der Waals surface area contributed by atoms with E-state index < -0.39 is 29.3 Å². The number of carbonyl (C=O) groups is 2. The van der Waals surface area contributed by atoms with Crippen LogP contribution in [0.4, 0.5) is 31.0 Å². The molecule has 3 aromatic rings. The number of amides is 1. The Morgan fingerprint density at radius 2 is 1.06 bits per heavy atom. The van der Waals surface area contributed by atoms with Gasteiger partial charge in [0, 0.05) is 39.1 Å². The fourth-order valence-corrected chi connectivity index (χ4v) is 5.25. The third-order valence-corrected chi connectivity index (χ3v) is 8.50. The highest BCUT2D eigenvalue weighted by Gasteiger charge is 2.17. The van der Waals surface area contributed by atoms with Gasteiger partial charge >= 0.3 is 5.97 Å². The lowest BCUT2D eigenvalue weighted by molar-refractivity contribution is -0.136. The zero-order valence-corrected chi connectivity index (χ0v) is 37.2. The third-order valence-electron chi connectivity index (χ3n) is 8.50. The molecule has 0 unspecified atom stereocenters. The van der Waals surface area contributed by atoms with Gasteiger partial charge in [0.2, 0.25) is 29.5 Å². The number of ether oxygens (including phenoxy) is 9. The Morgan fingerprint density at radius 3 is 1.60 bits per heavy atom. The second-order valence-corrected chi connectivity index (χ2v) is 13.8. The van der Waals surface area contributed by atoms with E-state index in [0.29, 0.717) is 110 Å². The van der Waals surface area contributed by atoms with Gasteiger partial charge in [-0.05, 0) is 41.8 Å². The number of hydrogen-bond acceptors (Lipinski definition) is 18. The van der Waals surface area contributed by atoms with Crippen LogP contribution in [0.3, 0.4) is 0 Å². The first-order valence-electron chi connectivity index (χ1n) is 21.8. The average molecular weight is 927 g/mol. The van der Waals surface area contributed by atoms with E-state index in [1.165, 1.54) is 12.1 Å². The molecule has 0 saturated carbocycles. The number of carbonyl (C=O) groups excluding carboxylic acids is 2. The highest BCUT2D eigenvalue weighted by Crippen LogP contribution is 2.24. The van der Waals surface area contributed by atoms with Crippen LogP contribution in [0, 0.1) is 17.5 Å². The maximum Gasteiger partial charge on any atom is 0.313 e. The van der Waals surface area contributed by atoms with E-state index in [9.17, 15) is 22.8 Å². The van der Waals surface area contributed by atoms with E-state index in [2.05, 4.69) is 43.1 Å². The Hall–Kier alpha value is -4.78. The molecule has 1 heterocycles. The van der Waals surface area contributed by atoms with Crippen molar-refractivity contribution in [3.63, 3.8) is 0 Å². The topological polar surface area (TPSA) is 230 Å². The molecule has 2 aromatic carbocycles. The highest BCUT2D eigenvalue weighted by molar-refractivity contribution is 5.76. The number of unbranched alkanes of at least 4 members (excludes halogenated alkanes) is 1. The van der Waals surface area contributed by atoms with E-state index >= 15 is 0 Å². The molecule has 1 aromatic heterocycles. The number of rotatable bonds is 40. The lowest BCUT2D eigenvalue weighted by Crippen LogP contribution is -2.24. The van der Waals surface area contributed by atoms with Gasteiger partial charge in [-0.1, -0.05) is 25.5 Å². The van der Waals surface area contributed by atoms with Crippen molar-refractivity contribution in [2.24, 2.45) is 5.73 Å². The number of benzene rings is 2. The van der Waals surface area contributed by atoms with Crippen molar-refractivity contribution < 1.29 is 65.4 Å². The van der Waals surface area contributed by atoms with Crippen molar-refractivity contribution >= 4 is 29.7 Å². The van der Waals surface area contributed by atoms with E-state index in [4.69, 9.17) is 48.4 Å². The summed E-state index contributed by atoms with van der Waals surface area (Å²) in [6.07, 6.45) is 1.72. The first-order valence-corrected chi connectivity index (χ1v) is 21.8. The van der Waals surface area contributed by atoms with Crippen LogP contribution in [0.15, 0.2) is 36.4 Å². The van der Waals surface area contributed by atoms with Gasteiger partial charge < -0.3 is 69.6 Å². The molecule has 0 saturated heterocycles. The lowest BCUT2D eigenvalue weighted by atomic mass is 10.2. The SMILES string of the molecule is CCCCNc1nc(NCCOCCOCCC(=O)NCc2cc(F)c(OC(=O)CCOCCOCCOCCOCCOCCOCCN)c(F)c2)nc(NCc2cccc(F)c2)n1. The maximum absolute atomic E-state index is 14.7. The summed E-state index contributed by atoms with van der Waals surface area (Å²) >= 11 is 0. The minimum absolute atomic E-state index is 0.00975. The second kappa shape index (κ2) is 35.5. The van der Waals surface area contributed by atoms with Crippen molar-refractivity contribution in [3.8, 4) is 5.75 Å². The number of hydrogen-bond donors (Lipinski definition) is 5. The summed E-state index contributed by atoms with van der Waals surface area (Å²) in [4.78, 5) is 37.7. The number of nitrogens with one attached hydrogen (secondary N) is 4. The minimum atomic E-state index is -1.09. The van der Waals surface area contributed by atoms with Gasteiger partial charge in [0.1, 0.15) is 5.82 Å². The Kier molecular flexibility index (Phi) is 29.8. The number of esters is 1. The van der Waals surface area contributed by atoms with Gasteiger partial charge in [-0.3, -0.25) is 9.59 Å². The van der Waals surface area contributed by atoms with E-state index in [1.54, 1.807) is 12.1 Å². The predicted molar refractivity (Wildman–Crippen MR) is 234 cm³/mol. The van der Waals surface area contributed by atoms with Crippen LogP contribution in [0.1, 0.15) is 43.7 Å². The molecule has 0 spiro atoms. The molecule has 0 aliphatic heterocycles. The molecular weight excluding hydrogens is 862 g/mol. The highest BCUT2D eigenvalue weighted by atomic mass is 19.1. The zero-order chi connectivity index (χ0) is 46.6. The van der Waals surface area contributed by atoms with E-state index in [-0.39, 0.29) is 70.4 Å². The lowest BCUT2D eigenvalue weighted by Gasteiger charge is -2.12. The summed E-state index contributed by atoms with van der Waals surface area (Å²) in [7, 11) is 0. The van der Waals surface area contributed by atoms with Gasteiger partial charge in [-0.25, -0.2) is 13.2 Å². The monoisotopic (exact) mass is 926 g/mol. The van der Waals surface area contributed by atoms with Gasteiger partial charge in [-0.15, -0.1) is 0 Å². The molecular formula is C43H65F3N8O11. The minimum Gasteiger partial charge on any atom is -0.420 e. The molecule has 0 radical (unpaired) electrons. The van der Waals surface area contributed by atoms with E-state index in [0.717, 1.165) is 30.5 Å². The van der Waals surface area contributed by atoms with Gasteiger partial charge in [0.15, 0.2) is 11.6 Å². The number of nitrogens with zero attached hydrogens (tertiary/aromatic N) is 3. The molecule has 65 heavy (non-hydrogen) atoms. The van der Waals surface area contributed by atoms with E-state index in [1.807, 2.05) is 0 Å². The van der Waals surface area contributed by atoms with Crippen LogP contribution >= 0.6 is 0 Å². The van der Waals surface area contributed by atoms with Crippen molar-refractivity contribution in [3.05, 3.63) is 65.0 Å². The second-order valence-electron chi connectivity index (χ2n) is 13.8. The molecule has 0 aliphatic rings. The van der Waals surface area contributed by atoms with Crippen LogP contribution in [0.25, 0.3) is 0 Å². The van der Waals surface area contributed by atoms with Crippen molar-refractivity contribution in [1.29, 1.82) is 0 Å². The molecule has 1 amide bonds. The molecule has 22 heteroatoms. The quantitative estimate of drug-likeness (QED) is 0.0312. The molecule has 364 valence electrons. The number of aromatic nitrogens is 3. The van der Waals surface area contributed by atoms with Crippen molar-refractivity contribution in [2.45, 2.75) is 45.7 Å². The fraction of sp³-hybridized carbons (Fsp3) is 0.605. The Labute approximate surface area is 378 Å². The Bertz CT molecular complexity index is 1740. The average Bonchev–Trinajstić information content (AvgIpc) is 3.29. The van der Waals surface area contributed by atoms with Crippen LogP contribution < -0.4 is 31.7 Å². The van der Waals surface area contributed by atoms with Crippen molar-refractivity contribution in [2.75, 3.05) is 141 Å². The van der Waals surface area contributed by atoms with Crippen molar-refractivity contribution in [1.82, 2.24) is 20.3 Å². The molecule has 0 fully saturated rings.